The third-order valence-corrected chi connectivity index (χ3v) is 18.1. The summed E-state index contributed by atoms with van der Waals surface area (Å²) >= 11 is 0. The molecule has 64 heavy (non-hydrogen) atoms. The first-order chi connectivity index (χ1) is 31.0. The van der Waals surface area contributed by atoms with E-state index in [4.69, 9.17) is 18.9 Å². The highest BCUT2D eigenvalue weighted by molar-refractivity contribution is 8.76. The number of aryl methyl sites for hydroxylation is 1. The third-order valence-electron chi connectivity index (χ3n) is 15.2. The maximum atomic E-state index is 11.8. The van der Waals surface area contributed by atoms with Crippen LogP contribution in [0.4, 0.5) is 0 Å². The van der Waals surface area contributed by atoms with Crippen molar-refractivity contribution < 1.29 is 54.7 Å². The van der Waals surface area contributed by atoms with E-state index in [-0.39, 0.29) is 70.5 Å². The summed E-state index contributed by atoms with van der Waals surface area (Å²) in [5.41, 5.74) is 2.51. The molecule has 8 N–H and O–H groups in total. The number of methoxy groups -OCH3 is 1. The molecule has 0 radical (unpaired) electrons. The lowest BCUT2D eigenvalue weighted by atomic mass is 9.56. The minimum absolute atomic E-state index is 0.0118. The van der Waals surface area contributed by atoms with E-state index < -0.39 is 37.8 Å². The van der Waals surface area contributed by atoms with Crippen LogP contribution in [-0.2, 0) is 17.6 Å². The zero-order chi connectivity index (χ0) is 45.3. The van der Waals surface area contributed by atoms with Crippen LogP contribution in [-0.4, -0.2) is 105 Å². The van der Waals surface area contributed by atoms with E-state index in [1.54, 1.807) is 18.2 Å². The molecule has 3 saturated carbocycles. The smallest absolute Gasteiger partial charge is 0.200 e. The fraction of sp³-hybridized carbons (Fsp3) is 0.720. The van der Waals surface area contributed by atoms with Gasteiger partial charge in [-0.15, -0.1) is 5.92 Å². The van der Waals surface area contributed by atoms with Crippen LogP contribution in [0.2, 0.25) is 0 Å². The Morgan fingerprint density at radius 2 is 1.67 bits per heavy atom. The lowest BCUT2D eigenvalue weighted by molar-refractivity contribution is -0.0808. The lowest BCUT2D eigenvalue weighted by Crippen LogP contribution is -2.51. The normalized spacial score (nSPS) is 32.5. The Morgan fingerprint density at radius 1 is 0.859 bits per heavy atom. The molecule has 2 heterocycles. The molecule has 0 amide bonds. The number of benzene rings is 2. The Morgan fingerprint density at radius 3 is 2.42 bits per heavy atom. The second-order valence-electron chi connectivity index (χ2n) is 19.5. The predicted molar refractivity (Wildman–Crippen MR) is 251 cm³/mol. The molecule has 0 aromatic heterocycles. The molecule has 2 spiro atoms. The number of fused-ring (bicyclic) bond motifs is 3. The summed E-state index contributed by atoms with van der Waals surface area (Å²) in [6.45, 7) is 2.11. The minimum Gasteiger partial charge on any atom is -0.504 e. The van der Waals surface area contributed by atoms with E-state index in [9.17, 15) is 35.7 Å². The number of rotatable bonds is 11. The first kappa shape index (κ1) is 49.3. The van der Waals surface area contributed by atoms with Crippen molar-refractivity contribution in [3.63, 3.8) is 0 Å². The summed E-state index contributed by atoms with van der Waals surface area (Å²) in [5.74, 6) is 9.26. The molecule has 10 unspecified atom stereocenters. The lowest BCUT2D eigenvalue weighted by Gasteiger charge is -2.49. The average molecular weight is 928 g/mol. The third kappa shape index (κ3) is 11.9. The molecule has 0 saturated heterocycles. The van der Waals surface area contributed by atoms with Crippen LogP contribution in [0.5, 0.6) is 28.7 Å². The number of aliphatic hydroxyl groups is 5. The molecule has 7 rings (SSSR count). The number of phenols is 2. The molecule has 5 aliphatic rings. The van der Waals surface area contributed by atoms with Gasteiger partial charge in [-0.2, -0.15) is 0 Å². The number of hydrogen-bond acceptors (Lipinski definition) is 14. The van der Waals surface area contributed by atoms with E-state index in [1.165, 1.54) is 73.6 Å². The van der Waals surface area contributed by atoms with Crippen molar-refractivity contribution >= 4 is 21.6 Å². The van der Waals surface area contributed by atoms with E-state index in [1.807, 2.05) is 6.07 Å². The van der Waals surface area contributed by atoms with Gasteiger partial charge in [0.05, 0.1) is 31.5 Å². The van der Waals surface area contributed by atoms with Gasteiger partial charge < -0.3 is 60.0 Å². The Kier molecular flexibility index (Phi) is 17.7. The minimum atomic E-state index is -1.05. The largest absolute Gasteiger partial charge is 0.504 e. The van der Waals surface area contributed by atoms with E-state index in [2.05, 4.69) is 24.1 Å². The summed E-state index contributed by atoms with van der Waals surface area (Å²) in [5, 5.41) is 79.4. The van der Waals surface area contributed by atoms with Crippen LogP contribution in [0.15, 0.2) is 24.3 Å². The Balaban J connectivity index is 1.13. The molecule has 10 atom stereocenters. The Bertz CT molecular complexity index is 1890. The summed E-state index contributed by atoms with van der Waals surface area (Å²) in [6, 6.07) is 6.90. The van der Waals surface area contributed by atoms with Gasteiger partial charge in [-0.05, 0) is 142 Å². The van der Waals surface area contributed by atoms with Gasteiger partial charge in [0.25, 0.3) is 0 Å². The van der Waals surface area contributed by atoms with Gasteiger partial charge in [-0.1, -0.05) is 66.5 Å². The Hall–Kier alpha value is -2.58. The Labute approximate surface area is 388 Å². The number of hydrogen-bond donors (Lipinski definition) is 8. The highest BCUT2D eigenvalue weighted by Gasteiger charge is 2.48. The molecule has 2 aromatic rings. The van der Waals surface area contributed by atoms with Gasteiger partial charge in [0.1, 0.15) is 6.79 Å². The number of phenolic OH excluding ortho intramolecular Hbond substituents is 2. The number of ether oxygens (including phenoxy) is 4. The highest BCUT2D eigenvalue weighted by Crippen LogP contribution is 2.54. The molecule has 3 fully saturated rings. The zero-order valence-corrected chi connectivity index (χ0v) is 39.5. The van der Waals surface area contributed by atoms with Crippen LogP contribution in [0.1, 0.15) is 132 Å². The SMILES string of the molecule is COc1cc(CC2C(O)CSSC(CCO)c3cc(O)c(OC4CCC5CNC6(CC#CC7(CCCC(C)C7)C5C4)CCCCC6)cc3CCC(OCO)CC2O)cc(OCO)c1O. The summed E-state index contributed by atoms with van der Waals surface area (Å²) in [7, 11) is 4.35. The topological polar surface area (TPSA) is 191 Å². The van der Waals surface area contributed by atoms with Crippen molar-refractivity contribution in [3.8, 4) is 40.6 Å². The average Bonchev–Trinajstić information content (AvgIpc) is 3.33. The molecule has 2 aromatic carbocycles. The van der Waals surface area contributed by atoms with Crippen LogP contribution in [0.25, 0.3) is 0 Å². The van der Waals surface area contributed by atoms with E-state index in [0.717, 1.165) is 56.2 Å². The summed E-state index contributed by atoms with van der Waals surface area (Å²) in [6.07, 6.45) is 13.6. The van der Waals surface area contributed by atoms with Crippen LogP contribution < -0.4 is 19.5 Å². The van der Waals surface area contributed by atoms with Crippen molar-refractivity contribution in [2.24, 2.45) is 29.1 Å². The van der Waals surface area contributed by atoms with Gasteiger partial charge in [-0.25, -0.2) is 0 Å². The molecule has 3 aliphatic carbocycles. The fourth-order valence-electron chi connectivity index (χ4n) is 11.9. The van der Waals surface area contributed by atoms with Crippen LogP contribution in [0, 0.1) is 40.9 Å². The van der Waals surface area contributed by atoms with Crippen LogP contribution >= 0.6 is 21.6 Å². The highest BCUT2D eigenvalue weighted by atomic mass is 33.1. The second-order valence-corrected chi connectivity index (χ2v) is 22.1. The number of nitrogens with one attached hydrogen (secondary N) is 1. The molecule has 356 valence electrons. The van der Waals surface area contributed by atoms with Crippen molar-refractivity contribution in [2.45, 2.75) is 158 Å². The maximum Gasteiger partial charge on any atom is 0.200 e. The molecular formula is C50H73NO11S2. The number of aliphatic hydroxyl groups excluding tert-OH is 5. The molecule has 2 aliphatic heterocycles. The van der Waals surface area contributed by atoms with Crippen molar-refractivity contribution in [1.82, 2.24) is 5.32 Å². The summed E-state index contributed by atoms with van der Waals surface area (Å²) in [4.78, 5) is 0. The quantitative estimate of drug-likeness (QED) is 0.0626. The van der Waals surface area contributed by atoms with E-state index in [0.29, 0.717) is 48.3 Å². The van der Waals surface area contributed by atoms with Gasteiger partial charge in [0.2, 0.25) is 5.75 Å². The monoisotopic (exact) mass is 927 g/mol. The first-order valence-electron chi connectivity index (χ1n) is 23.9. The van der Waals surface area contributed by atoms with Gasteiger partial charge >= 0.3 is 0 Å². The van der Waals surface area contributed by atoms with Crippen molar-refractivity contribution in [2.75, 3.05) is 39.6 Å². The van der Waals surface area contributed by atoms with Crippen molar-refractivity contribution in [1.29, 1.82) is 0 Å². The molecule has 14 heteroatoms. The predicted octanol–water partition coefficient (Wildman–Crippen LogP) is 7.55. The number of aromatic hydroxyl groups is 2. The zero-order valence-electron chi connectivity index (χ0n) is 37.8. The molecule has 12 nitrogen and oxygen atoms in total. The van der Waals surface area contributed by atoms with Crippen molar-refractivity contribution in [3.05, 3.63) is 41.0 Å². The summed E-state index contributed by atoms with van der Waals surface area (Å²) < 4.78 is 23.3. The first-order valence-corrected chi connectivity index (χ1v) is 26.3. The van der Waals surface area contributed by atoms with Gasteiger partial charge in [0.15, 0.2) is 29.8 Å². The molecule has 0 bridgehead atoms. The fourth-order valence-corrected chi connectivity index (χ4v) is 14.8. The second kappa shape index (κ2) is 22.9. The maximum absolute atomic E-state index is 11.8. The van der Waals surface area contributed by atoms with Crippen LogP contribution in [0.3, 0.4) is 0 Å². The standard InChI is InChI=1S/C50H73NO11S2/c1-32-8-6-14-49(27-32)15-7-18-50(16-4-3-5-17-50)51-28-35-10-12-37(24-40(35)49)62-44-23-34-9-11-36(60-30-53)25-41(55)39(20-33-21-45(59-2)48(58)46(22-33)61-31-54)43(57)29-63-64-47(13-19-52)38(34)26-42(44)56/h21-23,26,32,35-37,39-41,43,47,51-58H,3-6,8-14,16-20,24-25,27-31H2,1-2H3. The van der Waals surface area contributed by atoms with Gasteiger partial charge in [-0.3, -0.25) is 0 Å². The van der Waals surface area contributed by atoms with E-state index >= 15 is 0 Å². The van der Waals surface area contributed by atoms with Gasteiger partial charge in [0, 0.05) is 40.9 Å². The molecular weight excluding hydrogens is 855 g/mol.